The molecule has 3 rings (SSSR count). The molecule has 5 nitrogen and oxygen atoms in total. The van der Waals surface area contributed by atoms with Crippen LogP contribution in [0, 0.1) is 5.92 Å². The smallest absolute Gasteiger partial charge is 0.203 e. The Morgan fingerprint density at radius 2 is 2.29 bits per heavy atom. The molecule has 0 spiro atoms. The summed E-state index contributed by atoms with van der Waals surface area (Å²) in [5.41, 5.74) is 0. The van der Waals surface area contributed by atoms with Gasteiger partial charge in [-0.1, -0.05) is 12.1 Å². The highest BCUT2D eigenvalue weighted by Crippen LogP contribution is 2.47. The van der Waals surface area contributed by atoms with Gasteiger partial charge in [-0.25, -0.2) is 0 Å². The number of phenolic OH excluding ortho intramolecular Hbond substituents is 1. The fourth-order valence-corrected chi connectivity index (χ4v) is 3.14. The Morgan fingerprint density at radius 1 is 1.43 bits per heavy atom. The van der Waals surface area contributed by atoms with Crippen molar-refractivity contribution in [2.45, 2.75) is 31.2 Å². The Kier molecular flexibility index (Phi) is 4.03. The minimum absolute atomic E-state index is 0.00518. The third kappa shape index (κ3) is 2.59. The Labute approximate surface area is 124 Å². The normalized spacial score (nSPS) is 30.0. The molecule has 1 heterocycles. The maximum absolute atomic E-state index is 9.88. The topological polar surface area (TPSA) is 57.2 Å². The summed E-state index contributed by atoms with van der Waals surface area (Å²) in [6.45, 7) is 4.06. The predicted octanol–water partition coefficient (Wildman–Crippen LogP) is 2.49. The minimum atomic E-state index is -0.127. The summed E-state index contributed by atoms with van der Waals surface area (Å²) in [7, 11) is 1.60. The summed E-state index contributed by atoms with van der Waals surface area (Å²) in [4.78, 5) is 0. The van der Waals surface area contributed by atoms with Crippen molar-refractivity contribution in [3.05, 3.63) is 30.9 Å². The standard InChI is InChI=1S/C16H20O5/c1-3-5-10-13(19-9-18-2)8-14-15(10)20-12-7-4-6-11(17)16(12)21-14/h3-4,6-7,10,13-15,17H,1,5,8-9H2,2H3. The van der Waals surface area contributed by atoms with E-state index in [9.17, 15) is 5.11 Å². The van der Waals surface area contributed by atoms with Gasteiger partial charge < -0.3 is 24.1 Å². The van der Waals surface area contributed by atoms with E-state index in [1.807, 2.05) is 6.08 Å². The summed E-state index contributed by atoms with van der Waals surface area (Å²) in [5.74, 6) is 1.27. The molecule has 1 aromatic carbocycles. The zero-order valence-corrected chi connectivity index (χ0v) is 12.0. The molecule has 1 aliphatic carbocycles. The third-order valence-electron chi connectivity index (χ3n) is 4.06. The summed E-state index contributed by atoms with van der Waals surface area (Å²) >= 11 is 0. The lowest BCUT2D eigenvalue weighted by molar-refractivity contribution is -0.0888. The van der Waals surface area contributed by atoms with Crippen LogP contribution in [0.25, 0.3) is 0 Å². The second-order valence-corrected chi connectivity index (χ2v) is 5.38. The van der Waals surface area contributed by atoms with Crippen LogP contribution in [0.4, 0.5) is 0 Å². The van der Waals surface area contributed by atoms with Crippen molar-refractivity contribution in [1.82, 2.24) is 0 Å². The van der Waals surface area contributed by atoms with E-state index in [2.05, 4.69) is 6.58 Å². The van der Waals surface area contributed by atoms with Gasteiger partial charge in [0.25, 0.3) is 0 Å². The molecule has 1 fully saturated rings. The van der Waals surface area contributed by atoms with Gasteiger partial charge in [0.15, 0.2) is 11.5 Å². The molecule has 1 N–H and O–H groups in total. The van der Waals surface area contributed by atoms with Gasteiger partial charge >= 0.3 is 0 Å². The summed E-state index contributed by atoms with van der Waals surface area (Å²) in [5, 5.41) is 9.88. The number of para-hydroxylation sites is 1. The molecule has 2 aliphatic rings. The largest absolute Gasteiger partial charge is 0.504 e. The second kappa shape index (κ2) is 5.95. The van der Waals surface area contributed by atoms with E-state index in [1.54, 1.807) is 25.3 Å². The zero-order chi connectivity index (χ0) is 14.8. The lowest BCUT2D eigenvalue weighted by Crippen LogP contribution is -2.39. The molecule has 4 unspecified atom stereocenters. The van der Waals surface area contributed by atoms with E-state index in [0.717, 1.165) is 6.42 Å². The van der Waals surface area contributed by atoms with Crippen LogP contribution >= 0.6 is 0 Å². The highest BCUT2D eigenvalue weighted by Gasteiger charge is 2.49. The summed E-state index contributed by atoms with van der Waals surface area (Å²) in [6, 6.07) is 5.14. The van der Waals surface area contributed by atoms with E-state index < -0.39 is 0 Å². The van der Waals surface area contributed by atoms with Crippen LogP contribution < -0.4 is 9.47 Å². The number of hydrogen-bond donors (Lipinski definition) is 1. The van der Waals surface area contributed by atoms with Crippen LogP contribution in [0.1, 0.15) is 12.8 Å². The number of ether oxygens (including phenoxy) is 4. The predicted molar refractivity (Wildman–Crippen MR) is 76.6 cm³/mol. The average Bonchev–Trinajstić information content (AvgIpc) is 2.82. The van der Waals surface area contributed by atoms with Gasteiger partial charge in [0, 0.05) is 19.4 Å². The van der Waals surface area contributed by atoms with Crippen molar-refractivity contribution < 1.29 is 24.1 Å². The maximum atomic E-state index is 9.88. The van der Waals surface area contributed by atoms with E-state index in [0.29, 0.717) is 17.9 Å². The van der Waals surface area contributed by atoms with Gasteiger partial charge in [0.1, 0.15) is 19.0 Å². The van der Waals surface area contributed by atoms with Crippen molar-refractivity contribution in [2.24, 2.45) is 5.92 Å². The molecule has 0 radical (unpaired) electrons. The minimum Gasteiger partial charge on any atom is -0.504 e. The summed E-state index contributed by atoms with van der Waals surface area (Å²) < 4.78 is 22.7. The van der Waals surface area contributed by atoms with Gasteiger partial charge in [-0.3, -0.25) is 0 Å². The second-order valence-electron chi connectivity index (χ2n) is 5.38. The molecule has 0 bridgehead atoms. The van der Waals surface area contributed by atoms with Crippen molar-refractivity contribution in [2.75, 3.05) is 13.9 Å². The molecule has 1 saturated carbocycles. The first kappa shape index (κ1) is 14.2. The number of methoxy groups -OCH3 is 1. The molecule has 0 amide bonds. The third-order valence-corrected chi connectivity index (χ3v) is 4.06. The van der Waals surface area contributed by atoms with Crippen LogP contribution in [-0.2, 0) is 9.47 Å². The highest BCUT2D eigenvalue weighted by molar-refractivity contribution is 5.51. The van der Waals surface area contributed by atoms with E-state index in [4.69, 9.17) is 18.9 Å². The molecule has 1 aromatic rings. The van der Waals surface area contributed by atoms with Crippen LogP contribution in [0.5, 0.6) is 17.2 Å². The molecule has 5 heteroatoms. The molecule has 4 atom stereocenters. The zero-order valence-electron chi connectivity index (χ0n) is 12.0. The number of allylic oxidation sites excluding steroid dienone is 1. The molecular formula is C16H20O5. The van der Waals surface area contributed by atoms with Gasteiger partial charge in [-0.15, -0.1) is 6.58 Å². The molecule has 0 aromatic heterocycles. The molecular weight excluding hydrogens is 272 g/mol. The fourth-order valence-electron chi connectivity index (χ4n) is 3.14. The first-order chi connectivity index (χ1) is 10.2. The number of rotatable bonds is 5. The van der Waals surface area contributed by atoms with Crippen molar-refractivity contribution in [1.29, 1.82) is 0 Å². The molecule has 21 heavy (non-hydrogen) atoms. The van der Waals surface area contributed by atoms with Crippen LogP contribution in [0.3, 0.4) is 0 Å². The first-order valence-electron chi connectivity index (χ1n) is 7.11. The van der Waals surface area contributed by atoms with E-state index in [-0.39, 0.29) is 36.8 Å². The van der Waals surface area contributed by atoms with Gasteiger partial charge in [-0.05, 0) is 18.6 Å². The molecule has 114 valence electrons. The SMILES string of the molecule is C=CCC1C(OCOC)CC2Oc3c(O)cccc3OC21. The molecule has 0 saturated heterocycles. The monoisotopic (exact) mass is 292 g/mol. The van der Waals surface area contributed by atoms with Gasteiger partial charge in [0.2, 0.25) is 5.75 Å². The van der Waals surface area contributed by atoms with Crippen molar-refractivity contribution in [3.8, 4) is 17.2 Å². The lowest BCUT2D eigenvalue weighted by atomic mass is 9.98. The fraction of sp³-hybridized carbons (Fsp3) is 0.500. The Hall–Kier alpha value is -1.72. The number of fused-ring (bicyclic) bond motifs is 2. The maximum Gasteiger partial charge on any atom is 0.203 e. The van der Waals surface area contributed by atoms with E-state index in [1.165, 1.54) is 0 Å². The molecule has 1 aliphatic heterocycles. The van der Waals surface area contributed by atoms with Gasteiger partial charge in [-0.2, -0.15) is 0 Å². The Bertz CT molecular complexity index is 515. The van der Waals surface area contributed by atoms with Crippen LogP contribution in [0.2, 0.25) is 0 Å². The van der Waals surface area contributed by atoms with E-state index >= 15 is 0 Å². The van der Waals surface area contributed by atoms with Crippen LogP contribution in [-0.4, -0.2) is 37.3 Å². The average molecular weight is 292 g/mol. The first-order valence-corrected chi connectivity index (χ1v) is 7.11. The lowest BCUT2D eigenvalue weighted by Gasteiger charge is -2.32. The highest BCUT2D eigenvalue weighted by atomic mass is 16.7. The quantitative estimate of drug-likeness (QED) is 0.667. The number of aromatic hydroxyl groups is 1. The number of phenols is 1. The number of benzene rings is 1. The Balaban J connectivity index is 1.82. The number of hydrogen-bond acceptors (Lipinski definition) is 5. The van der Waals surface area contributed by atoms with Crippen LogP contribution in [0.15, 0.2) is 30.9 Å². The Morgan fingerprint density at radius 3 is 3.05 bits per heavy atom. The van der Waals surface area contributed by atoms with Crippen molar-refractivity contribution >= 4 is 0 Å². The summed E-state index contributed by atoms with van der Waals surface area (Å²) in [6.07, 6.45) is 3.14. The van der Waals surface area contributed by atoms with Crippen molar-refractivity contribution in [3.63, 3.8) is 0 Å². The van der Waals surface area contributed by atoms with Gasteiger partial charge in [0.05, 0.1) is 6.10 Å².